The van der Waals surface area contributed by atoms with Crippen LogP contribution >= 0.6 is 23.2 Å². The van der Waals surface area contributed by atoms with E-state index >= 15 is 0 Å². The maximum atomic E-state index is 13.5. The lowest BCUT2D eigenvalue weighted by atomic mass is 9.91. The summed E-state index contributed by atoms with van der Waals surface area (Å²) in [6, 6.07) is 16.5. The molecule has 0 bridgehead atoms. The number of ether oxygens (including phenoxy) is 1. The van der Waals surface area contributed by atoms with Gasteiger partial charge < -0.3 is 14.6 Å². The first-order chi connectivity index (χ1) is 15.5. The Kier molecular flexibility index (Phi) is 5.31. The molecule has 162 valence electrons. The van der Waals surface area contributed by atoms with Crippen LogP contribution in [0.1, 0.15) is 33.2 Å². The quantitative estimate of drug-likeness (QED) is 0.377. The van der Waals surface area contributed by atoms with Gasteiger partial charge in [-0.05, 0) is 72.1 Å². The predicted molar refractivity (Wildman–Crippen MR) is 124 cm³/mol. The predicted octanol–water partition coefficient (Wildman–Crippen LogP) is 6.41. The molecule has 1 N–H and O–H groups in total. The molecular formula is C25H19Cl2FN2O2. The summed E-state index contributed by atoms with van der Waals surface area (Å²) in [5, 5.41) is 1.94. The molecule has 1 aliphatic heterocycles. The van der Waals surface area contributed by atoms with Crippen molar-refractivity contribution < 1.29 is 13.9 Å². The minimum absolute atomic E-state index is 0.178. The van der Waals surface area contributed by atoms with Gasteiger partial charge in [-0.25, -0.2) is 4.39 Å². The number of hydrogen-bond donors (Lipinski definition) is 1. The lowest BCUT2D eigenvalue weighted by Gasteiger charge is -2.36. The normalized spacial score (nSPS) is 15.6. The van der Waals surface area contributed by atoms with E-state index in [2.05, 4.69) is 4.98 Å². The van der Waals surface area contributed by atoms with E-state index in [0.717, 1.165) is 33.5 Å². The summed E-state index contributed by atoms with van der Waals surface area (Å²) >= 11 is 12.5. The number of rotatable bonds is 3. The Morgan fingerprint density at radius 3 is 2.56 bits per heavy atom. The summed E-state index contributed by atoms with van der Waals surface area (Å²) in [6.45, 7) is 0.498. The van der Waals surface area contributed by atoms with Gasteiger partial charge in [-0.1, -0.05) is 29.3 Å². The molecule has 1 atom stereocenters. The van der Waals surface area contributed by atoms with Crippen LogP contribution in [0.15, 0.2) is 60.7 Å². The van der Waals surface area contributed by atoms with Crippen LogP contribution < -0.4 is 4.74 Å². The van der Waals surface area contributed by atoms with Crippen LogP contribution in [-0.4, -0.2) is 29.4 Å². The van der Waals surface area contributed by atoms with Gasteiger partial charge in [0, 0.05) is 28.7 Å². The van der Waals surface area contributed by atoms with E-state index in [0.29, 0.717) is 28.6 Å². The Balaban J connectivity index is 1.67. The number of fused-ring (bicyclic) bond motifs is 3. The van der Waals surface area contributed by atoms with Crippen LogP contribution in [0, 0.1) is 5.82 Å². The SMILES string of the molecule is COc1ccc2[nH]c3c(c2c1)CCN(C(=O)c1ccc(F)cc1)C3c1ccc(Cl)c(Cl)c1. The summed E-state index contributed by atoms with van der Waals surface area (Å²) < 4.78 is 18.8. The second-order valence-electron chi connectivity index (χ2n) is 7.76. The highest BCUT2D eigenvalue weighted by molar-refractivity contribution is 6.42. The van der Waals surface area contributed by atoms with Crippen molar-refractivity contribution >= 4 is 40.0 Å². The van der Waals surface area contributed by atoms with Crippen LogP contribution in [0.2, 0.25) is 10.0 Å². The fraction of sp³-hybridized carbons (Fsp3) is 0.160. The second kappa shape index (κ2) is 8.15. The highest BCUT2D eigenvalue weighted by Gasteiger charge is 2.35. The van der Waals surface area contributed by atoms with E-state index < -0.39 is 6.04 Å². The van der Waals surface area contributed by atoms with Gasteiger partial charge in [-0.2, -0.15) is 0 Å². The summed E-state index contributed by atoms with van der Waals surface area (Å²) in [6.07, 6.45) is 0.674. The minimum atomic E-state index is -0.399. The lowest BCUT2D eigenvalue weighted by molar-refractivity contribution is 0.0692. The van der Waals surface area contributed by atoms with Gasteiger partial charge in [0.05, 0.1) is 23.2 Å². The van der Waals surface area contributed by atoms with Gasteiger partial charge in [-0.15, -0.1) is 0 Å². The second-order valence-corrected chi connectivity index (χ2v) is 8.57. The van der Waals surface area contributed by atoms with E-state index in [9.17, 15) is 9.18 Å². The zero-order valence-corrected chi connectivity index (χ0v) is 18.7. The standard InChI is InChI=1S/C25H19Cl2FN2O2/c1-32-17-7-9-22-19(13-17)18-10-11-30(25(31)14-2-5-16(28)6-3-14)24(23(18)29-22)15-4-8-20(26)21(27)12-15/h2-9,12-13,24,29H,10-11H2,1H3. The topological polar surface area (TPSA) is 45.3 Å². The van der Waals surface area contributed by atoms with Crippen LogP contribution in [-0.2, 0) is 6.42 Å². The molecule has 1 amide bonds. The molecule has 1 aromatic heterocycles. The largest absolute Gasteiger partial charge is 0.497 e. The number of halogens is 3. The molecule has 0 spiro atoms. The number of nitrogens with one attached hydrogen (secondary N) is 1. The molecule has 1 aliphatic rings. The smallest absolute Gasteiger partial charge is 0.254 e. The van der Waals surface area contributed by atoms with Crippen LogP contribution in [0.3, 0.4) is 0 Å². The van der Waals surface area contributed by atoms with Crippen LogP contribution in [0.5, 0.6) is 5.75 Å². The van der Waals surface area contributed by atoms with Crippen molar-refractivity contribution in [3.63, 3.8) is 0 Å². The summed E-state index contributed by atoms with van der Waals surface area (Å²) in [5.74, 6) is 0.214. The van der Waals surface area contributed by atoms with Gasteiger partial charge in [0.1, 0.15) is 11.6 Å². The third kappa shape index (κ3) is 3.51. The van der Waals surface area contributed by atoms with Crippen molar-refractivity contribution in [1.29, 1.82) is 0 Å². The number of H-pyrrole nitrogens is 1. The number of carbonyl (C=O) groups is 1. The third-order valence-corrected chi connectivity index (χ3v) is 6.68. The summed E-state index contributed by atoms with van der Waals surface area (Å²) in [5.41, 5.74) is 4.30. The van der Waals surface area contributed by atoms with E-state index in [-0.39, 0.29) is 11.7 Å². The summed E-state index contributed by atoms with van der Waals surface area (Å²) in [7, 11) is 1.64. The number of aromatic amines is 1. The van der Waals surface area contributed by atoms with E-state index in [1.165, 1.54) is 24.3 Å². The number of benzene rings is 3. The minimum Gasteiger partial charge on any atom is -0.497 e. The number of hydrogen-bond acceptors (Lipinski definition) is 2. The molecule has 3 aromatic carbocycles. The molecule has 0 fully saturated rings. The van der Waals surface area contributed by atoms with Crippen LogP contribution in [0.4, 0.5) is 4.39 Å². The molecule has 7 heteroatoms. The Bertz CT molecular complexity index is 1330. The first-order valence-electron chi connectivity index (χ1n) is 10.2. The molecule has 4 nitrogen and oxygen atoms in total. The first-order valence-corrected chi connectivity index (χ1v) is 10.9. The van der Waals surface area contributed by atoms with Crippen molar-refractivity contribution in [3.05, 3.63) is 98.9 Å². The zero-order valence-electron chi connectivity index (χ0n) is 17.2. The van der Waals surface area contributed by atoms with Gasteiger partial charge in [0.15, 0.2) is 0 Å². The number of methoxy groups -OCH3 is 1. The van der Waals surface area contributed by atoms with Crippen molar-refractivity contribution in [2.75, 3.05) is 13.7 Å². The fourth-order valence-corrected chi connectivity index (χ4v) is 4.71. The van der Waals surface area contributed by atoms with Crippen molar-refractivity contribution in [2.24, 2.45) is 0 Å². The molecule has 0 saturated heterocycles. The van der Waals surface area contributed by atoms with Gasteiger partial charge in [-0.3, -0.25) is 4.79 Å². The van der Waals surface area contributed by atoms with Crippen molar-refractivity contribution in [3.8, 4) is 5.75 Å². The Morgan fingerprint density at radius 1 is 1.06 bits per heavy atom. The average Bonchev–Trinajstić information content (AvgIpc) is 3.18. The maximum Gasteiger partial charge on any atom is 0.254 e. The molecule has 0 radical (unpaired) electrons. The molecule has 5 rings (SSSR count). The molecular weight excluding hydrogens is 450 g/mol. The van der Waals surface area contributed by atoms with Gasteiger partial charge >= 0.3 is 0 Å². The molecule has 0 saturated carbocycles. The average molecular weight is 469 g/mol. The highest BCUT2D eigenvalue weighted by Crippen LogP contribution is 2.41. The Labute approximate surface area is 194 Å². The maximum absolute atomic E-state index is 13.5. The van der Waals surface area contributed by atoms with E-state index in [1.54, 1.807) is 24.1 Å². The van der Waals surface area contributed by atoms with E-state index in [1.807, 2.05) is 24.3 Å². The number of nitrogens with zero attached hydrogens (tertiary/aromatic N) is 1. The molecule has 4 aromatic rings. The Hall–Kier alpha value is -3.02. The number of carbonyl (C=O) groups excluding carboxylic acids is 1. The highest BCUT2D eigenvalue weighted by atomic mass is 35.5. The summed E-state index contributed by atoms with van der Waals surface area (Å²) in [4.78, 5) is 18.8. The van der Waals surface area contributed by atoms with E-state index in [4.69, 9.17) is 27.9 Å². The van der Waals surface area contributed by atoms with Crippen molar-refractivity contribution in [2.45, 2.75) is 12.5 Å². The first kappa shape index (κ1) is 20.9. The fourth-order valence-electron chi connectivity index (χ4n) is 4.40. The monoisotopic (exact) mass is 468 g/mol. The molecule has 0 aliphatic carbocycles. The Morgan fingerprint density at radius 2 is 1.84 bits per heavy atom. The zero-order chi connectivity index (χ0) is 22.4. The van der Waals surface area contributed by atoms with Gasteiger partial charge in [0.2, 0.25) is 0 Å². The third-order valence-electron chi connectivity index (χ3n) is 5.95. The van der Waals surface area contributed by atoms with Crippen LogP contribution in [0.25, 0.3) is 10.9 Å². The molecule has 32 heavy (non-hydrogen) atoms. The lowest BCUT2D eigenvalue weighted by Crippen LogP contribution is -2.40. The van der Waals surface area contributed by atoms with Gasteiger partial charge in [0.25, 0.3) is 5.91 Å². The molecule has 1 unspecified atom stereocenters. The number of amides is 1. The molecule has 2 heterocycles. The number of aromatic nitrogens is 1. The van der Waals surface area contributed by atoms with Crippen molar-refractivity contribution in [1.82, 2.24) is 9.88 Å².